The highest BCUT2D eigenvalue weighted by Gasteiger charge is 2.51. The van der Waals surface area contributed by atoms with Gasteiger partial charge in [0.1, 0.15) is 0 Å². The van der Waals surface area contributed by atoms with E-state index < -0.39 is 0 Å². The summed E-state index contributed by atoms with van der Waals surface area (Å²) in [6.45, 7) is 0.579. The molecule has 2 aromatic rings. The number of rotatable bonds is 5. The van der Waals surface area contributed by atoms with Crippen molar-refractivity contribution in [1.29, 1.82) is 0 Å². The van der Waals surface area contributed by atoms with Gasteiger partial charge in [0, 0.05) is 19.0 Å². The van der Waals surface area contributed by atoms with Crippen LogP contribution in [0.3, 0.4) is 0 Å². The molecule has 0 spiro atoms. The number of hydrogen-bond acceptors (Lipinski definition) is 4. The fraction of sp³-hybridized carbons (Fsp3) is 0.526. The van der Waals surface area contributed by atoms with Crippen molar-refractivity contribution in [2.45, 2.75) is 38.3 Å². The molecule has 6 nitrogen and oxygen atoms in total. The Hall–Kier alpha value is -2.37. The lowest BCUT2D eigenvalue weighted by Gasteiger charge is -2.29. The standard InChI is InChI=1S/C19H23N3O3/c1-25-19(24)17-12-6-7-13(10-12)18(17)21-16(23)8-9-22-11-20-14-4-2-3-5-15(14)22/h2-5,11-13,17-18H,6-10H2,1H3,(H,21,23)/t12-,13-,17+,18-/m0/s1. The molecule has 6 heteroatoms. The van der Waals surface area contributed by atoms with Gasteiger partial charge >= 0.3 is 5.97 Å². The Bertz CT molecular complexity index is 800. The number of nitrogens with zero attached hydrogens (tertiary/aromatic N) is 2. The van der Waals surface area contributed by atoms with Crippen LogP contribution in [0.25, 0.3) is 11.0 Å². The van der Waals surface area contributed by atoms with Gasteiger partial charge in [0.05, 0.1) is 30.4 Å². The Morgan fingerprint density at radius 3 is 2.92 bits per heavy atom. The maximum atomic E-state index is 12.5. The molecular formula is C19H23N3O3. The zero-order valence-electron chi connectivity index (χ0n) is 14.4. The maximum Gasteiger partial charge on any atom is 0.311 e. The summed E-state index contributed by atoms with van der Waals surface area (Å²) in [6, 6.07) is 7.81. The summed E-state index contributed by atoms with van der Waals surface area (Å²) >= 11 is 0. The van der Waals surface area contributed by atoms with Crippen LogP contribution >= 0.6 is 0 Å². The number of aromatic nitrogens is 2. The second-order valence-corrected chi connectivity index (χ2v) is 7.15. The van der Waals surface area contributed by atoms with Crippen LogP contribution in [0.5, 0.6) is 0 Å². The van der Waals surface area contributed by atoms with Crippen molar-refractivity contribution < 1.29 is 14.3 Å². The van der Waals surface area contributed by atoms with Gasteiger partial charge in [0.25, 0.3) is 0 Å². The van der Waals surface area contributed by atoms with E-state index in [1.165, 1.54) is 7.11 Å². The molecule has 0 aliphatic heterocycles. The Balaban J connectivity index is 1.39. The number of fused-ring (bicyclic) bond motifs is 3. The van der Waals surface area contributed by atoms with Crippen molar-refractivity contribution in [2.75, 3.05) is 7.11 Å². The molecule has 2 aliphatic rings. The molecule has 1 amide bonds. The summed E-state index contributed by atoms with van der Waals surface area (Å²) in [7, 11) is 1.43. The van der Waals surface area contributed by atoms with E-state index in [2.05, 4.69) is 10.3 Å². The number of aryl methyl sites for hydroxylation is 1. The molecular weight excluding hydrogens is 318 g/mol. The third kappa shape index (κ3) is 2.90. The van der Waals surface area contributed by atoms with Crippen LogP contribution in [0.4, 0.5) is 0 Å². The van der Waals surface area contributed by atoms with E-state index in [9.17, 15) is 9.59 Å². The SMILES string of the molecule is COC(=O)[C@@H]1[C@H]2CC[C@@H](C2)[C@@H]1NC(=O)CCn1cnc2ccccc21. The number of imidazole rings is 1. The van der Waals surface area contributed by atoms with Gasteiger partial charge in [0.15, 0.2) is 0 Å². The molecule has 1 N–H and O–H groups in total. The fourth-order valence-corrected chi connectivity index (χ4v) is 4.64. The smallest absolute Gasteiger partial charge is 0.311 e. The first kappa shape index (κ1) is 16.1. The molecule has 2 aliphatic carbocycles. The van der Waals surface area contributed by atoms with Crippen molar-refractivity contribution in [1.82, 2.24) is 14.9 Å². The first-order valence-corrected chi connectivity index (χ1v) is 8.94. The van der Waals surface area contributed by atoms with Crippen LogP contribution in [0.15, 0.2) is 30.6 Å². The monoisotopic (exact) mass is 341 g/mol. The maximum absolute atomic E-state index is 12.5. The number of esters is 1. The van der Waals surface area contributed by atoms with Crippen molar-refractivity contribution >= 4 is 22.9 Å². The van der Waals surface area contributed by atoms with E-state index in [0.29, 0.717) is 24.8 Å². The van der Waals surface area contributed by atoms with Gasteiger partial charge in [-0.25, -0.2) is 4.98 Å². The molecule has 0 saturated heterocycles. The second kappa shape index (κ2) is 6.50. The number of amides is 1. The average molecular weight is 341 g/mol. The van der Waals surface area contributed by atoms with Crippen molar-refractivity contribution in [3.8, 4) is 0 Å². The minimum Gasteiger partial charge on any atom is -0.469 e. The molecule has 2 bridgehead atoms. The topological polar surface area (TPSA) is 73.2 Å². The van der Waals surface area contributed by atoms with E-state index >= 15 is 0 Å². The average Bonchev–Trinajstić information content (AvgIpc) is 3.34. The predicted octanol–water partition coefficient (Wildman–Crippen LogP) is 2.13. The molecule has 25 heavy (non-hydrogen) atoms. The summed E-state index contributed by atoms with van der Waals surface area (Å²) in [5.41, 5.74) is 1.96. The van der Waals surface area contributed by atoms with Crippen LogP contribution < -0.4 is 5.32 Å². The Morgan fingerprint density at radius 1 is 1.28 bits per heavy atom. The largest absolute Gasteiger partial charge is 0.469 e. The molecule has 1 heterocycles. The summed E-state index contributed by atoms with van der Waals surface area (Å²) < 4.78 is 6.96. The Labute approximate surface area is 146 Å². The van der Waals surface area contributed by atoms with Crippen molar-refractivity contribution in [3.63, 3.8) is 0 Å². The summed E-state index contributed by atoms with van der Waals surface area (Å²) in [5.74, 6) is 0.400. The minimum atomic E-state index is -0.182. The number of ether oxygens (including phenoxy) is 1. The van der Waals surface area contributed by atoms with Gasteiger partial charge in [-0.2, -0.15) is 0 Å². The van der Waals surface area contributed by atoms with Crippen molar-refractivity contribution in [2.24, 2.45) is 17.8 Å². The number of benzene rings is 1. The van der Waals surface area contributed by atoms with Gasteiger partial charge in [-0.1, -0.05) is 12.1 Å². The quantitative estimate of drug-likeness (QED) is 0.846. The highest BCUT2D eigenvalue weighted by Crippen LogP contribution is 2.48. The van der Waals surface area contributed by atoms with Crippen LogP contribution in [0.1, 0.15) is 25.7 Å². The van der Waals surface area contributed by atoms with E-state index in [0.717, 1.165) is 30.3 Å². The van der Waals surface area contributed by atoms with Gasteiger partial charge in [-0.15, -0.1) is 0 Å². The Morgan fingerprint density at radius 2 is 2.08 bits per heavy atom. The number of carbonyl (C=O) groups is 2. The molecule has 1 aromatic carbocycles. The molecule has 2 saturated carbocycles. The summed E-state index contributed by atoms with van der Waals surface area (Å²) in [6.07, 6.45) is 5.33. The van der Waals surface area contributed by atoms with E-state index in [4.69, 9.17) is 4.74 Å². The minimum absolute atomic E-state index is 0.00997. The third-order valence-corrected chi connectivity index (χ3v) is 5.82. The fourth-order valence-electron chi connectivity index (χ4n) is 4.64. The predicted molar refractivity (Wildman–Crippen MR) is 92.6 cm³/mol. The number of methoxy groups -OCH3 is 1. The molecule has 0 unspecified atom stereocenters. The summed E-state index contributed by atoms with van der Waals surface area (Å²) in [4.78, 5) is 28.9. The molecule has 2 fully saturated rings. The molecule has 4 atom stereocenters. The van der Waals surface area contributed by atoms with Gasteiger partial charge in [-0.05, 0) is 43.2 Å². The molecule has 0 radical (unpaired) electrons. The van der Waals surface area contributed by atoms with Crippen LogP contribution in [0.2, 0.25) is 0 Å². The van der Waals surface area contributed by atoms with Gasteiger partial charge < -0.3 is 14.6 Å². The Kier molecular flexibility index (Phi) is 4.19. The molecule has 1 aromatic heterocycles. The van der Waals surface area contributed by atoms with Crippen LogP contribution in [0, 0.1) is 17.8 Å². The second-order valence-electron chi connectivity index (χ2n) is 7.15. The third-order valence-electron chi connectivity index (χ3n) is 5.82. The number of hydrogen-bond donors (Lipinski definition) is 1. The van der Waals surface area contributed by atoms with Gasteiger partial charge in [0.2, 0.25) is 5.91 Å². The lowest BCUT2D eigenvalue weighted by molar-refractivity contribution is -0.148. The first-order chi connectivity index (χ1) is 12.2. The van der Waals surface area contributed by atoms with Crippen LogP contribution in [-0.4, -0.2) is 34.6 Å². The zero-order chi connectivity index (χ0) is 17.4. The van der Waals surface area contributed by atoms with Crippen LogP contribution in [-0.2, 0) is 20.9 Å². The number of carbonyl (C=O) groups excluding carboxylic acids is 2. The van der Waals surface area contributed by atoms with Gasteiger partial charge in [-0.3, -0.25) is 9.59 Å². The lowest BCUT2D eigenvalue weighted by atomic mass is 9.84. The first-order valence-electron chi connectivity index (χ1n) is 8.94. The molecule has 4 rings (SSSR count). The molecule has 132 valence electrons. The number of nitrogens with one attached hydrogen (secondary N) is 1. The highest BCUT2D eigenvalue weighted by atomic mass is 16.5. The number of para-hydroxylation sites is 2. The van der Waals surface area contributed by atoms with E-state index in [-0.39, 0.29) is 23.8 Å². The normalized spacial score (nSPS) is 27.6. The lowest BCUT2D eigenvalue weighted by Crippen LogP contribution is -2.47. The zero-order valence-corrected chi connectivity index (χ0v) is 14.4. The van der Waals surface area contributed by atoms with E-state index in [1.807, 2.05) is 28.8 Å². The van der Waals surface area contributed by atoms with Crippen molar-refractivity contribution in [3.05, 3.63) is 30.6 Å². The summed E-state index contributed by atoms with van der Waals surface area (Å²) in [5, 5.41) is 3.11. The van der Waals surface area contributed by atoms with E-state index in [1.54, 1.807) is 6.33 Å². The highest BCUT2D eigenvalue weighted by molar-refractivity contribution is 5.80.